The summed E-state index contributed by atoms with van der Waals surface area (Å²) in [6.45, 7) is 7.82. The number of anilines is 1. The molecular weight excluding hydrogens is 230 g/mol. The summed E-state index contributed by atoms with van der Waals surface area (Å²) < 4.78 is 5.34. The Bertz CT molecular complexity index is 365. The second-order valence-corrected chi connectivity index (χ2v) is 3.94. The van der Waals surface area contributed by atoms with Crippen LogP contribution in [0.15, 0.2) is 18.3 Å². The number of hydrogen-bond acceptors (Lipinski definition) is 4. The zero-order chi connectivity index (χ0) is 13.4. The van der Waals surface area contributed by atoms with Crippen LogP contribution in [0.25, 0.3) is 0 Å². The minimum Gasteiger partial charge on any atom is -0.377 e. The molecule has 0 aliphatic carbocycles. The van der Waals surface area contributed by atoms with Gasteiger partial charge in [-0.2, -0.15) is 0 Å². The van der Waals surface area contributed by atoms with Gasteiger partial charge in [0.15, 0.2) is 0 Å². The molecule has 1 amide bonds. The van der Waals surface area contributed by atoms with Crippen molar-refractivity contribution in [3.05, 3.63) is 23.9 Å². The maximum absolute atomic E-state index is 11.8. The van der Waals surface area contributed by atoms with E-state index >= 15 is 0 Å². The second-order valence-electron chi connectivity index (χ2n) is 3.94. The maximum atomic E-state index is 11.8. The van der Waals surface area contributed by atoms with Gasteiger partial charge in [0.2, 0.25) is 0 Å². The van der Waals surface area contributed by atoms with Crippen LogP contribution in [0.2, 0.25) is 0 Å². The molecule has 0 aromatic carbocycles. The zero-order valence-electron chi connectivity index (χ0n) is 11.2. The Balaban J connectivity index is 2.46. The summed E-state index contributed by atoms with van der Waals surface area (Å²) in [4.78, 5) is 15.9. The van der Waals surface area contributed by atoms with Gasteiger partial charge >= 0.3 is 0 Å². The summed E-state index contributed by atoms with van der Waals surface area (Å²) >= 11 is 0. The van der Waals surface area contributed by atoms with E-state index in [1.165, 1.54) is 0 Å². The molecule has 1 rings (SSSR count). The van der Waals surface area contributed by atoms with Gasteiger partial charge in [0.25, 0.3) is 5.91 Å². The van der Waals surface area contributed by atoms with Crippen molar-refractivity contribution in [1.29, 1.82) is 0 Å². The minimum atomic E-state index is -0.128. The molecule has 100 valence electrons. The van der Waals surface area contributed by atoms with Gasteiger partial charge in [0.1, 0.15) is 5.82 Å². The van der Waals surface area contributed by atoms with E-state index in [-0.39, 0.29) is 12.0 Å². The molecule has 2 N–H and O–H groups in total. The van der Waals surface area contributed by atoms with Gasteiger partial charge in [-0.1, -0.05) is 0 Å². The Hall–Kier alpha value is -1.62. The van der Waals surface area contributed by atoms with Gasteiger partial charge < -0.3 is 15.4 Å². The first-order valence-corrected chi connectivity index (χ1v) is 6.27. The first-order valence-electron chi connectivity index (χ1n) is 6.27. The third-order valence-corrected chi connectivity index (χ3v) is 2.38. The molecule has 1 aromatic heterocycles. The monoisotopic (exact) mass is 251 g/mol. The molecule has 1 aromatic rings. The van der Waals surface area contributed by atoms with Gasteiger partial charge in [0, 0.05) is 25.9 Å². The molecule has 1 heterocycles. The molecule has 1 unspecified atom stereocenters. The Morgan fingerprint density at radius 3 is 2.78 bits per heavy atom. The summed E-state index contributed by atoms with van der Waals surface area (Å²) in [7, 11) is 0. The predicted molar refractivity (Wildman–Crippen MR) is 71.8 cm³/mol. The topological polar surface area (TPSA) is 63.2 Å². The molecular formula is C13H21N3O2. The van der Waals surface area contributed by atoms with Crippen LogP contribution in [0.3, 0.4) is 0 Å². The minimum absolute atomic E-state index is 0.0212. The number of rotatable bonds is 7. The molecule has 0 radical (unpaired) electrons. The van der Waals surface area contributed by atoms with Crippen LogP contribution in [0.4, 0.5) is 5.82 Å². The second kappa shape index (κ2) is 7.66. The molecule has 0 spiro atoms. The number of nitrogens with zero attached hydrogens (tertiary/aromatic N) is 1. The van der Waals surface area contributed by atoms with E-state index in [9.17, 15) is 4.79 Å². The van der Waals surface area contributed by atoms with Gasteiger partial charge in [-0.15, -0.1) is 0 Å². The van der Waals surface area contributed by atoms with Gasteiger partial charge in [0.05, 0.1) is 11.7 Å². The lowest BCUT2D eigenvalue weighted by molar-refractivity contribution is 0.0695. The molecule has 5 heteroatoms. The fourth-order valence-electron chi connectivity index (χ4n) is 1.50. The van der Waals surface area contributed by atoms with Crippen molar-refractivity contribution >= 4 is 11.7 Å². The number of nitrogens with one attached hydrogen (secondary N) is 2. The fraction of sp³-hybridized carbons (Fsp3) is 0.538. The normalized spacial score (nSPS) is 11.9. The van der Waals surface area contributed by atoms with Crippen molar-refractivity contribution < 1.29 is 9.53 Å². The molecule has 0 fully saturated rings. The first kappa shape index (κ1) is 14.4. The van der Waals surface area contributed by atoms with E-state index in [4.69, 9.17) is 4.74 Å². The third kappa shape index (κ3) is 4.71. The summed E-state index contributed by atoms with van der Waals surface area (Å²) in [6.07, 6.45) is 1.59. The van der Waals surface area contributed by atoms with Crippen molar-refractivity contribution in [3.63, 3.8) is 0 Å². The Morgan fingerprint density at radius 2 is 2.22 bits per heavy atom. The summed E-state index contributed by atoms with van der Waals surface area (Å²) in [5.41, 5.74) is 0.556. The largest absolute Gasteiger partial charge is 0.377 e. The van der Waals surface area contributed by atoms with Crippen LogP contribution < -0.4 is 10.6 Å². The highest BCUT2D eigenvalue weighted by atomic mass is 16.5. The maximum Gasteiger partial charge on any atom is 0.252 e. The van der Waals surface area contributed by atoms with Crippen molar-refractivity contribution in [2.24, 2.45) is 0 Å². The van der Waals surface area contributed by atoms with Crippen LogP contribution in [0, 0.1) is 0 Å². The molecule has 1 atom stereocenters. The molecule has 0 aliphatic rings. The summed E-state index contributed by atoms with van der Waals surface area (Å²) in [5, 5.41) is 5.89. The number of aromatic nitrogens is 1. The molecule has 0 saturated carbocycles. The molecule has 0 bridgehead atoms. The molecule has 0 aliphatic heterocycles. The zero-order valence-corrected chi connectivity index (χ0v) is 11.2. The van der Waals surface area contributed by atoms with E-state index < -0.39 is 0 Å². The van der Waals surface area contributed by atoms with Crippen molar-refractivity contribution in [2.45, 2.75) is 26.9 Å². The molecule has 18 heavy (non-hydrogen) atoms. The van der Waals surface area contributed by atoms with E-state index in [1.54, 1.807) is 18.3 Å². The lowest BCUT2D eigenvalue weighted by Crippen LogP contribution is -2.32. The number of ether oxygens (including phenoxy) is 1. The van der Waals surface area contributed by atoms with E-state index in [1.807, 2.05) is 20.8 Å². The van der Waals surface area contributed by atoms with E-state index in [2.05, 4.69) is 15.6 Å². The van der Waals surface area contributed by atoms with Crippen LogP contribution in [0.5, 0.6) is 0 Å². The summed E-state index contributed by atoms with van der Waals surface area (Å²) in [6, 6.07) is 3.55. The summed E-state index contributed by atoms with van der Waals surface area (Å²) in [5.74, 6) is 0.647. The average molecular weight is 251 g/mol. The van der Waals surface area contributed by atoms with Crippen molar-refractivity contribution in [1.82, 2.24) is 10.3 Å². The molecule has 0 saturated heterocycles. The predicted octanol–water partition coefficient (Wildman–Crippen LogP) is 1.67. The third-order valence-electron chi connectivity index (χ3n) is 2.38. The fourth-order valence-corrected chi connectivity index (χ4v) is 1.50. The average Bonchev–Trinajstić information content (AvgIpc) is 2.37. The highest BCUT2D eigenvalue weighted by molar-refractivity contribution is 5.94. The van der Waals surface area contributed by atoms with Crippen molar-refractivity contribution in [3.8, 4) is 0 Å². The highest BCUT2D eigenvalue weighted by Crippen LogP contribution is 2.04. The number of carbonyl (C=O) groups is 1. The van der Waals surface area contributed by atoms with Crippen LogP contribution in [-0.2, 0) is 4.74 Å². The van der Waals surface area contributed by atoms with Crippen LogP contribution >= 0.6 is 0 Å². The van der Waals surface area contributed by atoms with Gasteiger partial charge in [-0.3, -0.25) is 4.79 Å². The van der Waals surface area contributed by atoms with Crippen LogP contribution in [-0.4, -0.2) is 36.7 Å². The Labute approximate surface area is 108 Å². The van der Waals surface area contributed by atoms with Crippen LogP contribution in [0.1, 0.15) is 31.1 Å². The number of hydrogen-bond donors (Lipinski definition) is 2. The quantitative estimate of drug-likeness (QED) is 0.773. The van der Waals surface area contributed by atoms with E-state index in [0.717, 1.165) is 12.4 Å². The van der Waals surface area contributed by atoms with Gasteiger partial charge in [-0.05, 0) is 32.9 Å². The van der Waals surface area contributed by atoms with Gasteiger partial charge in [-0.25, -0.2) is 4.98 Å². The Kier molecular flexibility index (Phi) is 6.14. The lowest BCUT2D eigenvalue weighted by atomic mass is 10.2. The number of carbonyl (C=O) groups excluding carboxylic acids is 1. The number of amides is 1. The Morgan fingerprint density at radius 1 is 1.44 bits per heavy atom. The van der Waals surface area contributed by atoms with E-state index in [0.29, 0.717) is 18.7 Å². The van der Waals surface area contributed by atoms with Crippen molar-refractivity contribution in [2.75, 3.05) is 25.0 Å². The lowest BCUT2D eigenvalue weighted by Gasteiger charge is -2.12. The number of pyridine rings is 1. The first-order chi connectivity index (χ1) is 8.67. The smallest absolute Gasteiger partial charge is 0.252 e. The standard InChI is InChI=1S/C13H21N3O2/c1-4-14-12-7-6-11(9-15-12)13(17)16-8-10(3)18-5-2/h6-7,9-10H,4-5,8H2,1-3H3,(H,14,15)(H,16,17). The SMILES string of the molecule is CCNc1ccc(C(=O)NCC(C)OCC)cn1. The molecule has 5 nitrogen and oxygen atoms in total. The highest BCUT2D eigenvalue weighted by Gasteiger charge is 2.08.